The summed E-state index contributed by atoms with van der Waals surface area (Å²) in [6, 6.07) is 10.1. The molecule has 1 fully saturated rings. The lowest BCUT2D eigenvalue weighted by Gasteiger charge is -2.18. The maximum absolute atomic E-state index is 12.2. The van der Waals surface area contributed by atoms with E-state index in [1.807, 2.05) is 25.1 Å². The molecule has 0 spiro atoms. The third-order valence-corrected chi connectivity index (χ3v) is 5.38. The van der Waals surface area contributed by atoms with Gasteiger partial charge in [0, 0.05) is 19.8 Å². The standard InChI is InChI=1S/C18H25N5OS/c1-14(17(24)21(2)3)25-18-20-19-16(13-22-11-7-8-12-22)23(18)15-9-5-4-6-10-15/h4-6,9-10,14H,7-8,11-13H2,1-3H3. The van der Waals surface area contributed by atoms with Crippen LogP contribution in [-0.4, -0.2) is 62.9 Å². The molecule has 134 valence electrons. The maximum Gasteiger partial charge on any atom is 0.235 e. The normalized spacial score (nSPS) is 16.1. The molecule has 1 amide bonds. The summed E-state index contributed by atoms with van der Waals surface area (Å²) in [5.74, 6) is 1.01. The minimum atomic E-state index is -0.207. The van der Waals surface area contributed by atoms with Crippen LogP contribution in [-0.2, 0) is 11.3 Å². The van der Waals surface area contributed by atoms with E-state index in [2.05, 4.69) is 31.8 Å². The number of benzene rings is 1. The number of para-hydroxylation sites is 1. The zero-order chi connectivity index (χ0) is 17.8. The van der Waals surface area contributed by atoms with Crippen molar-refractivity contribution in [3.05, 3.63) is 36.2 Å². The van der Waals surface area contributed by atoms with Crippen LogP contribution < -0.4 is 0 Å². The van der Waals surface area contributed by atoms with E-state index in [0.29, 0.717) is 0 Å². The lowest BCUT2D eigenvalue weighted by atomic mass is 10.3. The molecule has 3 rings (SSSR count). The monoisotopic (exact) mass is 359 g/mol. The van der Waals surface area contributed by atoms with Gasteiger partial charge in [0.2, 0.25) is 5.91 Å². The van der Waals surface area contributed by atoms with E-state index < -0.39 is 0 Å². The van der Waals surface area contributed by atoms with Crippen LogP contribution in [0, 0.1) is 0 Å². The van der Waals surface area contributed by atoms with Crippen molar-refractivity contribution < 1.29 is 4.79 Å². The molecular formula is C18H25N5OS. The summed E-state index contributed by atoms with van der Waals surface area (Å²) in [6.07, 6.45) is 2.49. The van der Waals surface area contributed by atoms with E-state index >= 15 is 0 Å². The van der Waals surface area contributed by atoms with Gasteiger partial charge in [-0.15, -0.1) is 10.2 Å². The van der Waals surface area contributed by atoms with Crippen LogP contribution in [0.2, 0.25) is 0 Å². The summed E-state index contributed by atoms with van der Waals surface area (Å²) >= 11 is 1.46. The van der Waals surface area contributed by atoms with Gasteiger partial charge < -0.3 is 4.90 Å². The van der Waals surface area contributed by atoms with Gasteiger partial charge in [0.1, 0.15) is 0 Å². The van der Waals surface area contributed by atoms with E-state index in [4.69, 9.17) is 0 Å². The summed E-state index contributed by atoms with van der Waals surface area (Å²) < 4.78 is 2.09. The number of amides is 1. The molecular weight excluding hydrogens is 334 g/mol. The molecule has 25 heavy (non-hydrogen) atoms. The smallest absolute Gasteiger partial charge is 0.235 e. The molecule has 1 aromatic carbocycles. The summed E-state index contributed by atoms with van der Waals surface area (Å²) in [6.45, 7) is 4.93. The van der Waals surface area contributed by atoms with Crippen LogP contribution >= 0.6 is 11.8 Å². The predicted octanol–water partition coefficient (Wildman–Crippen LogP) is 2.43. The van der Waals surface area contributed by atoms with Crippen molar-refractivity contribution in [1.29, 1.82) is 0 Å². The molecule has 0 radical (unpaired) electrons. The molecule has 2 aromatic rings. The van der Waals surface area contributed by atoms with E-state index in [0.717, 1.165) is 36.3 Å². The average molecular weight is 359 g/mol. The van der Waals surface area contributed by atoms with Gasteiger partial charge in [-0.05, 0) is 45.0 Å². The molecule has 0 aliphatic carbocycles. The second kappa shape index (κ2) is 8.01. The Bertz CT molecular complexity index is 710. The van der Waals surface area contributed by atoms with Gasteiger partial charge in [0.25, 0.3) is 0 Å². The first-order valence-electron chi connectivity index (χ1n) is 8.66. The fourth-order valence-corrected chi connectivity index (χ4v) is 4.06. The summed E-state index contributed by atoms with van der Waals surface area (Å²) in [5, 5.41) is 9.39. The van der Waals surface area contributed by atoms with Gasteiger partial charge in [0.05, 0.1) is 11.8 Å². The lowest BCUT2D eigenvalue weighted by Crippen LogP contribution is -2.29. The molecule has 1 unspecified atom stereocenters. The highest BCUT2D eigenvalue weighted by molar-refractivity contribution is 8.00. The Hall–Kier alpha value is -1.86. The Morgan fingerprint density at radius 2 is 1.88 bits per heavy atom. The zero-order valence-electron chi connectivity index (χ0n) is 15.1. The first-order valence-corrected chi connectivity index (χ1v) is 9.54. The number of aromatic nitrogens is 3. The van der Waals surface area contributed by atoms with Crippen LogP contribution in [0.5, 0.6) is 0 Å². The van der Waals surface area contributed by atoms with Crippen molar-refractivity contribution in [2.24, 2.45) is 0 Å². The molecule has 1 atom stereocenters. The summed E-state index contributed by atoms with van der Waals surface area (Å²) in [4.78, 5) is 16.2. The molecule has 6 nitrogen and oxygen atoms in total. The molecule has 0 bridgehead atoms. The highest BCUT2D eigenvalue weighted by Gasteiger charge is 2.23. The molecule has 1 aliphatic rings. The van der Waals surface area contributed by atoms with Crippen molar-refractivity contribution in [2.75, 3.05) is 27.2 Å². The number of hydrogen-bond donors (Lipinski definition) is 0. The Morgan fingerprint density at radius 3 is 2.52 bits per heavy atom. The molecule has 0 N–H and O–H groups in total. The number of nitrogens with zero attached hydrogens (tertiary/aromatic N) is 5. The lowest BCUT2D eigenvalue weighted by molar-refractivity contribution is -0.127. The van der Waals surface area contributed by atoms with Crippen molar-refractivity contribution in [1.82, 2.24) is 24.6 Å². The first kappa shape index (κ1) is 17.9. The van der Waals surface area contributed by atoms with Crippen LogP contribution in [0.1, 0.15) is 25.6 Å². The SMILES string of the molecule is CC(Sc1nnc(CN2CCCC2)n1-c1ccccc1)C(=O)N(C)C. The van der Waals surface area contributed by atoms with Gasteiger partial charge in [-0.1, -0.05) is 30.0 Å². The van der Waals surface area contributed by atoms with Crippen LogP contribution in [0.15, 0.2) is 35.5 Å². The topological polar surface area (TPSA) is 54.3 Å². The van der Waals surface area contributed by atoms with Gasteiger partial charge in [-0.25, -0.2) is 0 Å². The minimum absolute atomic E-state index is 0.0775. The van der Waals surface area contributed by atoms with E-state index in [1.165, 1.54) is 24.6 Å². The highest BCUT2D eigenvalue weighted by Crippen LogP contribution is 2.27. The van der Waals surface area contributed by atoms with E-state index in [-0.39, 0.29) is 11.2 Å². The molecule has 0 saturated carbocycles. The molecule has 7 heteroatoms. The summed E-state index contributed by atoms with van der Waals surface area (Å²) in [7, 11) is 3.56. The fourth-order valence-electron chi connectivity index (χ4n) is 3.03. The number of carbonyl (C=O) groups is 1. The minimum Gasteiger partial charge on any atom is -0.348 e. The molecule has 1 saturated heterocycles. The first-order chi connectivity index (χ1) is 12.1. The predicted molar refractivity (Wildman–Crippen MR) is 99.9 cm³/mol. The van der Waals surface area contributed by atoms with Crippen LogP contribution in [0.4, 0.5) is 0 Å². The molecule has 1 aromatic heterocycles. The molecule has 1 aliphatic heterocycles. The van der Waals surface area contributed by atoms with Crippen molar-refractivity contribution in [2.45, 2.75) is 36.7 Å². The Labute approximate surface area is 153 Å². The number of hydrogen-bond acceptors (Lipinski definition) is 5. The average Bonchev–Trinajstić information content (AvgIpc) is 3.25. The van der Waals surface area contributed by atoms with Gasteiger partial charge in [-0.2, -0.15) is 0 Å². The van der Waals surface area contributed by atoms with Crippen LogP contribution in [0.25, 0.3) is 5.69 Å². The van der Waals surface area contributed by atoms with Crippen molar-refractivity contribution in [3.8, 4) is 5.69 Å². The van der Waals surface area contributed by atoms with Gasteiger partial charge in [-0.3, -0.25) is 14.3 Å². The van der Waals surface area contributed by atoms with Gasteiger partial charge >= 0.3 is 0 Å². The Kier molecular flexibility index (Phi) is 5.75. The van der Waals surface area contributed by atoms with E-state index in [1.54, 1.807) is 19.0 Å². The number of rotatable bonds is 6. The third kappa shape index (κ3) is 4.22. The largest absolute Gasteiger partial charge is 0.348 e. The second-order valence-corrected chi connectivity index (χ2v) is 7.85. The molecule has 2 heterocycles. The van der Waals surface area contributed by atoms with Crippen molar-refractivity contribution in [3.63, 3.8) is 0 Å². The third-order valence-electron chi connectivity index (χ3n) is 4.35. The maximum atomic E-state index is 12.2. The van der Waals surface area contributed by atoms with E-state index in [9.17, 15) is 4.79 Å². The number of thioether (sulfide) groups is 1. The number of carbonyl (C=O) groups excluding carboxylic acids is 1. The van der Waals surface area contributed by atoms with Crippen molar-refractivity contribution >= 4 is 17.7 Å². The highest BCUT2D eigenvalue weighted by atomic mass is 32.2. The van der Waals surface area contributed by atoms with Gasteiger partial charge in [0.15, 0.2) is 11.0 Å². The fraction of sp³-hybridized carbons (Fsp3) is 0.500. The Balaban J connectivity index is 1.89. The number of likely N-dealkylation sites (tertiary alicyclic amines) is 1. The zero-order valence-corrected chi connectivity index (χ0v) is 15.9. The van der Waals surface area contributed by atoms with Crippen LogP contribution in [0.3, 0.4) is 0 Å². The summed E-state index contributed by atoms with van der Waals surface area (Å²) in [5.41, 5.74) is 1.04. The second-order valence-electron chi connectivity index (χ2n) is 6.55. The Morgan fingerprint density at radius 1 is 1.20 bits per heavy atom. The quantitative estimate of drug-likeness (QED) is 0.742.